The third-order valence-corrected chi connectivity index (χ3v) is 6.72. The maximum Gasteiger partial charge on any atom is 0.261 e. The van der Waals surface area contributed by atoms with E-state index in [4.69, 9.17) is 9.72 Å². The number of fused-ring (bicyclic) bond motifs is 2. The summed E-state index contributed by atoms with van der Waals surface area (Å²) in [6, 6.07) is 13.4. The Bertz CT molecular complexity index is 1230. The van der Waals surface area contributed by atoms with E-state index in [0.29, 0.717) is 38.4 Å². The van der Waals surface area contributed by atoms with Crippen LogP contribution in [-0.4, -0.2) is 45.5 Å². The first-order chi connectivity index (χ1) is 16.0. The predicted octanol–water partition coefficient (Wildman–Crippen LogP) is 3.66. The second-order valence-electron chi connectivity index (χ2n) is 9.13. The Morgan fingerprint density at radius 3 is 2.58 bits per heavy atom. The molecular formula is C26H28N4O3. The van der Waals surface area contributed by atoms with Crippen LogP contribution in [0.15, 0.2) is 53.5 Å². The summed E-state index contributed by atoms with van der Waals surface area (Å²) in [5.74, 6) is 0.655. The fraction of sp³-hybridized carbons (Fsp3) is 0.385. The van der Waals surface area contributed by atoms with Crippen molar-refractivity contribution in [3.05, 3.63) is 81.5 Å². The number of aromatic amines is 1. The first-order valence-electron chi connectivity index (χ1n) is 11.6. The van der Waals surface area contributed by atoms with Crippen molar-refractivity contribution < 1.29 is 9.53 Å². The summed E-state index contributed by atoms with van der Waals surface area (Å²) in [6.07, 6.45) is 3.98. The van der Waals surface area contributed by atoms with Crippen molar-refractivity contribution in [2.24, 2.45) is 0 Å². The van der Waals surface area contributed by atoms with E-state index in [2.05, 4.69) is 9.97 Å². The first kappa shape index (κ1) is 21.5. The first-order valence-corrected chi connectivity index (χ1v) is 11.6. The molecule has 2 aliphatic heterocycles. The number of carbonyl (C=O) groups is 1. The molecule has 170 valence electrons. The van der Waals surface area contributed by atoms with Crippen molar-refractivity contribution in [3.8, 4) is 11.4 Å². The molecule has 0 unspecified atom stereocenters. The van der Waals surface area contributed by atoms with Crippen LogP contribution in [0.4, 0.5) is 0 Å². The van der Waals surface area contributed by atoms with Crippen molar-refractivity contribution in [1.82, 2.24) is 19.9 Å². The van der Waals surface area contributed by atoms with E-state index in [9.17, 15) is 9.59 Å². The van der Waals surface area contributed by atoms with Gasteiger partial charge in [0.1, 0.15) is 11.2 Å². The van der Waals surface area contributed by atoms with Gasteiger partial charge in [0, 0.05) is 30.5 Å². The summed E-state index contributed by atoms with van der Waals surface area (Å²) >= 11 is 0. The van der Waals surface area contributed by atoms with Crippen LogP contribution in [0.5, 0.6) is 0 Å². The lowest BCUT2D eigenvalue weighted by atomic mass is 9.83. The lowest BCUT2D eigenvalue weighted by molar-refractivity contribution is -0.0967. The number of benzene rings is 1. The Morgan fingerprint density at radius 1 is 1.12 bits per heavy atom. The van der Waals surface area contributed by atoms with Crippen LogP contribution >= 0.6 is 0 Å². The molecule has 7 nitrogen and oxygen atoms in total. The third kappa shape index (κ3) is 3.97. The molecule has 1 aromatic carbocycles. The fourth-order valence-corrected chi connectivity index (χ4v) is 4.75. The summed E-state index contributed by atoms with van der Waals surface area (Å²) in [7, 11) is 0. The zero-order valence-electron chi connectivity index (χ0n) is 19.0. The number of nitrogens with zero attached hydrogens (tertiary/aromatic N) is 3. The SMILES string of the molecule is CC(C)c1ccc(C(=O)N2CCC3(CC2)OCCc2cnc(-c4ccccc4)nc23)c(=O)[nH]1. The standard InChI is InChI=1S/C26H28N4O3/c1-17(2)21-9-8-20(24(31)28-21)25(32)30-13-11-26(12-14-30)22-19(10-15-33-26)16-27-23(29-22)18-6-4-3-5-7-18/h3-9,16-17H,10-15H2,1-2H3,(H,28,31). The molecular weight excluding hydrogens is 416 g/mol. The van der Waals surface area contributed by atoms with Gasteiger partial charge in [0.15, 0.2) is 5.82 Å². The molecule has 5 rings (SSSR count). The van der Waals surface area contributed by atoms with Crippen molar-refractivity contribution >= 4 is 5.91 Å². The Hall–Kier alpha value is -3.32. The molecule has 4 heterocycles. The molecule has 1 amide bonds. The van der Waals surface area contributed by atoms with Crippen molar-refractivity contribution in [2.45, 2.75) is 44.6 Å². The van der Waals surface area contributed by atoms with Crippen LogP contribution in [0, 0.1) is 0 Å². The summed E-state index contributed by atoms with van der Waals surface area (Å²) in [5, 5.41) is 0. The topological polar surface area (TPSA) is 88.2 Å². The Kier molecular flexibility index (Phi) is 5.58. The average Bonchev–Trinajstić information content (AvgIpc) is 2.85. The number of aromatic nitrogens is 3. The molecule has 33 heavy (non-hydrogen) atoms. The molecule has 3 aromatic rings. The smallest absolute Gasteiger partial charge is 0.261 e. The number of carbonyl (C=O) groups excluding carboxylic acids is 1. The second kappa shape index (κ2) is 8.56. The van der Waals surface area contributed by atoms with Gasteiger partial charge in [-0.2, -0.15) is 0 Å². The van der Waals surface area contributed by atoms with Crippen LogP contribution in [0.3, 0.4) is 0 Å². The average molecular weight is 445 g/mol. The molecule has 2 aromatic heterocycles. The van der Waals surface area contributed by atoms with E-state index in [0.717, 1.165) is 28.9 Å². The number of ether oxygens (including phenoxy) is 1. The molecule has 7 heteroatoms. The van der Waals surface area contributed by atoms with Crippen molar-refractivity contribution in [2.75, 3.05) is 19.7 Å². The Balaban J connectivity index is 1.38. The fourth-order valence-electron chi connectivity index (χ4n) is 4.75. The number of piperidine rings is 1. The van der Waals surface area contributed by atoms with Gasteiger partial charge in [0.2, 0.25) is 0 Å². The molecule has 2 aliphatic rings. The number of H-pyrrole nitrogens is 1. The zero-order valence-corrected chi connectivity index (χ0v) is 19.0. The molecule has 0 atom stereocenters. The van der Waals surface area contributed by atoms with Crippen molar-refractivity contribution in [3.63, 3.8) is 0 Å². The lowest BCUT2D eigenvalue weighted by Crippen LogP contribution is -2.49. The van der Waals surface area contributed by atoms with Gasteiger partial charge >= 0.3 is 0 Å². The van der Waals surface area contributed by atoms with Gasteiger partial charge in [-0.15, -0.1) is 0 Å². The minimum Gasteiger partial charge on any atom is -0.368 e. The minimum absolute atomic E-state index is 0.189. The van der Waals surface area contributed by atoms with Gasteiger partial charge in [-0.25, -0.2) is 9.97 Å². The quantitative estimate of drug-likeness (QED) is 0.666. The summed E-state index contributed by atoms with van der Waals surface area (Å²) in [4.78, 5) is 39.7. The van der Waals surface area contributed by atoms with E-state index in [1.165, 1.54) is 0 Å². The highest BCUT2D eigenvalue weighted by atomic mass is 16.5. The predicted molar refractivity (Wildman–Crippen MR) is 125 cm³/mol. The Labute approximate surface area is 192 Å². The van der Waals surface area contributed by atoms with Crippen LogP contribution in [0.25, 0.3) is 11.4 Å². The highest BCUT2D eigenvalue weighted by Crippen LogP contribution is 2.41. The maximum absolute atomic E-state index is 13.1. The number of pyridine rings is 1. The summed E-state index contributed by atoms with van der Waals surface area (Å²) < 4.78 is 6.33. The van der Waals surface area contributed by atoms with E-state index >= 15 is 0 Å². The lowest BCUT2D eigenvalue weighted by Gasteiger charge is -2.44. The van der Waals surface area contributed by atoms with Crippen molar-refractivity contribution in [1.29, 1.82) is 0 Å². The largest absolute Gasteiger partial charge is 0.368 e. The highest BCUT2D eigenvalue weighted by Gasteiger charge is 2.43. The van der Waals surface area contributed by atoms with Gasteiger partial charge in [-0.3, -0.25) is 9.59 Å². The second-order valence-corrected chi connectivity index (χ2v) is 9.13. The van der Waals surface area contributed by atoms with Gasteiger partial charge < -0.3 is 14.6 Å². The van der Waals surface area contributed by atoms with Gasteiger partial charge in [-0.05, 0) is 42.9 Å². The van der Waals surface area contributed by atoms with Gasteiger partial charge in [-0.1, -0.05) is 44.2 Å². The van der Waals surface area contributed by atoms with E-state index in [1.807, 2.05) is 56.4 Å². The molecule has 0 radical (unpaired) electrons. The van der Waals surface area contributed by atoms with E-state index in [1.54, 1.807) is 11.0 Å². The minimum atomic E-state index is -0.523. The molecule has 1 saturated heterocycles. The maximum atomic E-state index is 13.1. The number of nitrogens with one attached hydrogen (secondary N) is 1. The van der Waals surface area contributed by atoms with Crippen LogP contribution in [0.1, 0.15) is 59.9 Å². The number of rotatable bonds is 3. The van der Waals surface area contributed by atoms with Crippen LogP contribution in [0.2, 0.25) is 0 Å². The summed E-state index contributed by atoms with van der Waals surface area (Å²) in [5.41, 5.74) is 3.19. The molecule has 1 spiro atoms. The van der Waals surface area contributed by atoms with E-state index in [-0.39, 0.29) is 22.9 Å². The van der Waals surface area contributed by atoms with Gasteiger partial charge in [0.05, 0.1) is 12.3 Å². The normalized spacial score (nSPS) is 17.2. The third-order valence-electron chi connectivity index (χ3n) is 6.72. The molecule has 0 bridgehead atoms. The number of amides is 1. The van der Waals surface area contributed by atoms with Crippen LogP contribution < -0.4 is 5.56 Å². The number of hydrogen-bond acceptors (Lipinski definition) is 5. The van der Waals surface area contributed by atoms with Crippen LogP contribution in [-0.2, 0) is 16.8 Å². The molecule has 0 saturated carbocycles. The van der Waals surface area contributed by atoms with E-state index < -0.39 is 5.60 Å². The van der Waals surface area contributed by atoms with Gasteiger partial charge in [0.25, 0.3) is 11.5 Å². The Morgan fingerprint density at radius 2 is 1.88 bits per heavy atom. The molecule has 1 N–H and O–H groups in total. The molecule has 0 aliphatic carbocycles. The monoisotopic (exact) mass is 444 g/mol. The number of likely N-dealkylation sites (tertiary alicyclic amines) is 1. The number of hydrogen-bond donors (Lipinski definition) is 1. The molecule has 1 fully saturated rings. The highest BCUT2D eigenvalue weighted by molar-refractivity contribution is 5.94. The zero-order chi connectivity index (χ0) is 23.0. The summed E-state index contributed by atoms with van der Waals surface area (Å²) in [6.45, 7) is 5.64.